The van der Waals surface area contributed by atoms with Crippen LogP contribution in [0, 0.1) is 18.6 Å². The molecule has 0 aromatic heterocycles. The van der Waals surface area contributed by atoms with Crippen LogP contribution in [0.3, 0.4) is 0 Å². The molecule has 3 nitrogen and oxygen atoms in total. The first kappa shape index (κ1) is 8.54. The summed E-state index contributed by atoms with van der Waals surface area (Å²) in [4.78, 5) is 0. The van der Waals surface area contributed by atoms with Crippen LogP contribution in [-0.2, 0) is 14.2 Å². The highest BCUT2D eigenvalue weighted by molar-refractivity contribution is 4.83. The van der Waals surface area contributed by atoms with Crippen molar-refractivity contribution in [2.75, 3.05) is 19.8 Å². The fourth-order valence-electron chi connectivity index (χ4n) is 0.844. The molecule has 11 heavy (non-hydrogen) atoms. The summed E-state index contributed by atoms with van der Waals surface area (Å²) < 4.78 is 15.3. The number of rotatable bonds is 3. The minimum Gasteiger partial charge on any atom is -0.366 e. The molecule has 1 rings (SSSR count). The molecule has 0 amide bonds. The standard InChI is InChI=1S/C8H11O3/c1-3-4-9-5-8-6-10-7(2)11-8/h1,8H,4-6H2,2H3. The molecule has 61 valence electrons. The average Bonchev–Trinajstić information content (AvgIpc) is 2.37. The van der Waals surface area contributed by atoms with Crippen LogP contribution < -0.4 is 0 Å². The Morgan fingerprint density at radius 1 is 1.82 bits per heavy atom. The van der Waals surface area contributed by atoms with Crippen LogP contribution in [0.25, 0.3) is 0 Å². The molecule has 0 aromatic rings. The second kappa shape index (κ2) is 4.35. The van der Waals surface area contributed by atoms with Crippen molar-refractivity contribution in [2.45, 2.75) is 13.0 Å². The number of hydrogen-bond acceptors (Lipinski definition) is 3. The fraction of sp³-hybridized carbons (Fsp3) is 0.625. The van der Waals surface area contributed by atoms with Crippen LogP contribution >= 0.6 is 0 Å². The summed E-state index contributed by atoms with van der Waals surface area (Å²) in [6.45, 7) is 3.18. The van der Waals surface area contributed by atoms with Crippen molar-refractivity contribution in [3.8, 4) is 12.3 Å². The van der Waals surface area contributed by atoms with Gasteiger partial charge in [0.1, 0.15) is 12.7 Å². The van der Waals surface area contributed by atoms with Gasteiger partial charge in [0.25, 0.3) is 0 Å². The van der Waals surface area contributed by atoms with Gasteiger partial charge >= 0.3 is 0 Å². The minimum atomic E-state index is 0.0170. The Labute approximate surface area is 66.6 Å². The zero-order valence-electron chi connectivity index (χ0n) is 6.50. The van der Waals surface area contributed by atoms with Crippen molar-refractivity contribution in [3.63, 3.8) is 0 Å². The molecule has 1 heterocycles. The van der Waals surface area contributed by atoms with E-state index in [0.29, 0.717) is 26.1 Å². The van der Waals surface area contributed by atoms with Gasteiger partial charge in [0.05, 0.1) is 13.2 Å². The van der Waals surface area contributed by atoms with E-state index in [2.05, 4.69) is 5.92 Å². The normalized spacial score (nSPS) is 25.3. The van der Waals surface area contributed by atoms with Gasteiger partial charge in [-0.25, -0.2) is 0 Å². The molecular formula is C8H11O3. The van der Waals surface area contributed by atoms with Gasteiger partial charge in [-0.1, -0.05) is 5.92 Å². The SMILES string of the molecule is C#CCOCC1CO[C](C)O1. The molecule has 0 saturated carbocycles. The second-order valence-electron chi connectivity index (χ2n) is 2.26. The lowest BCUT2D eigenvalue weighted by atomic mass is 10.4. The third-order valence-electron chi connectivity index (χ3n) is 1.29. The van der Waals surface area contributed by atoms with E-state index in [1.807, 2.05) is 0 Å². The van der Waals surface area contributed by atoms with E-state index in [4.69, 9.17) is 20.6 Å². The van der Waals surface area contributed by atoms with Crippen molar-refractivity contribution >= 4 is 0 Å². The summed E-state index contributed by atoms with van der Waals surface area (Å²) in [6, 6.07) is 0. The summed E-state index contributed by atoms with van der Waals surface area (Å²) in [5, 5.41) is 0. The summed E-state index contributed by atoms with van der Waals surface area (Å²) in [5.41, 5.74) is 0. The summed E-state index contributed by atoms with van der Waals surface area (Å²) in [5.74, 6) is 2.38. The molecule has 0 aromatic carbocycles. The highest BCUT2D eigenvalue weighted by atomic mass is 16.7. The lowest BCUT2D eigenvalue weighted by molar-refractivity contribution is 0.0221. The van der Waals surface area contributed by atoms with Crippen molar-refractivity contribution in [3.05, 3.63) is 6.29 Å². The first-order valence-electron chi connectivity index (χ1n) is 3.47. The summed E-state index contributed by atoms with van der Waals surface area (Å²) in [7, 11) is 0. The highest BCUT2D eigenvalue weighted by Gasteiger charge is 2.23. The monoisotopic (exact) mass is 155 g/mol. The molecule has 1 aliphatic rings. The second-order valence-corrected chi connectivity index (χ2v) is 2.26. The molecular weight excluding hydrogens is 144 g/mol. The van der Waals surface area contributed by atoms with Crippen molar-refractivity contribution in [1.82, 2.24) is 0 Å². The van der Waals surface area contributed by atoms with E-state index < -0.39 is 0 Å². The number of ether oxygens (including phenoxy) is 3. The average molecular weight is 155 g/mol. The molecule has 0 N–H and O–H groups in total. The third kappa shape index (κ3) is 2.89. The largest absolute Gasteiger partial charge is 0.366 e. The molecule has 1 aliphatic heterocycles. The van der Waals surface area contributed by atoms with Crippen LogP contribution in [-0.4, -0.2) is 25.9 Å². The molecule has 0 bridgehead atoms. The minimum absolute atomic E-state index is 0.0170. The Kier molecular flexibility index (Phi) is 3.37. The van der Waals surface area contributed by atoms with Crippen molar-refractivity contribution in [1.29, 1.82) is 0 Å². The molecule has 1 saturated heterocycles. The Hall–Kier alpha value is -0.560. The van der Waals surface area contributed by atoms with E-state index in [-0.39, 0.29) is 6.10 Å². The highest BCUT2D eigenvalue weighted by Crippen LogP contribution is 2.16. The number of terminal acetylenes is 1. The van der Waals surface area contributed by atoms with Gasteiger partial charge in [-0.05, 0) is 6.92 Å². The Morgan fingerprint density at radius 3 is 3.18 bits per heavy atom. The molecule has 1 fully saturated rings. The van der Waals surface area contributed by atoms with Gasteiger partial charge < -0.3 is 14.2 Å². The quantitative estimate of drug-likeness (QED) is 0.440. The van der Waals surface area contributed by atoms with Crippen LogP contribution in [0.5, 0.6) is 0 Å². The van der Waals surface area contributed by atoms with Gasteiger partial charge in [0.2, 0.25) is 6.29 Å². The van der Waals surface area contributed by atoms with E-state index >= 15 is 0 Å². The predicted molar refractivity (Wildman–Crippen MR) is 39.4 cm³/mol. The molecule has 1 atom stereocenters. The first-order chi connectivity index (χ1) is 5.33. The zero-order chi connectivity index (χ0) is 8.10. The zero-order valence-corrected chi connectivity index (χ0v) is 6.50. The predicted octanol–water partition coefficient (Wildman–Crippen LogP) is 0.561. The molecule has 0 spiro atoms. The van der Waals surface area contributed by atoms with Gasteiger partial charge in [-0.15, -0.1) is 6.42 Å². The Bertz CT molecular complexity index is 150. The lowest BCUT2D eigenvalue weighted by Gasteiger charge is -2.06. The van der Waals surface area contributed by atoms with Crippen LogP contribution in [0.1, 0.15) is 6.92 Å². The van der Waals surface area contributed by atoms with E-state index in [1.165, 1.54) is 0 Å². The third-order valence-corrected chi connectivity index (χ3v) is 1.29. The van der Waals surface area contributed by atoms with Gasteiger partial charge in [-0.2, -0.15) is 0 Å². The molecule has 3 heteroatoms. The Morgan fingerprint density at radius 2 is 2.64 bits per heavy atom. The van der Waals surface area contributed by atoms with Crippen molar-refractivity contribution in [2.24, 2.45) is 0 Å². The van der Waals surface area contributed by atoms with Gasteiger partial charge in [0.15, 0.2) is 0 Å². The van der Waals surface area contributed by atoms with Crippen LogP contribution in [0.4, 0.5) is 0 Å². The fourth-order valence-corrected chi connectivity index (χ4v) is 0.844. The smallest absolute Gasteiger partial charge is 0.221 e. The number of hydrogen-bond donors (Lipinski definition) is 0. The maximum absolute atomic E-state index is 5.21. The van der Waals surface area contributed by atoms with Crippen molar-refractivity contribution < 1.29 is 14.2 Å². The van der Waals surface area contributed by atoms with Crippen LogP contribution in [0.15, 0.2) is 0 Å². The maximum atomic E-state index is 5.21. The van der Waals surface area contributed by atoms with Gasteiger partial charge in [-0.3, -0.25) is 0 Å². The van der Waals surface area contributed by atoms with E-state index in [1.54, 1.807) is 6.92 Å². The summed E-state index contributed by atoms with van der Waals surface area (Å²) >= 11 is 0. The van der Waals surface area contributed by atoms with Gasteiger partial charge in [0, 0.05) is 0 Å². The first-order valence-corrected chi connectivity index (χ1v) is 3.47. The van der Waals surface area contributed by atoms with Crippen LogP contribution in [0.2, 0.25) is 0 Å². The molecule has 0 aliphatic carbocycles. The molecule has 1 unspecified atom stereocenters. The van der Waals surface area contributed by atoms with E-state index in [9.17, 15) is 0 Å². The lowest BCUT2D eigenvalue weighted by Crippen LogP contribution is -2.17. The Balaban J connectivity index is 2.05. The molecule has 1 radical (unpaired) electrons. The topological polar surface area (TPSA) is 27.7 Å². The van der Waals surface area contributed by atoms with E-state index in [0.717, 1.165) is 0 Å². The maximum Gasteiger partial charge on any atom is 0.221 e. The summed E-state index contributed by atoms with van der Waals surface area (Å²) in [6.07, 6.45) is 5.62.